The fourth-order valence-corrected chi connectivity index (χ4v) is 4.05. The molecule has 19 heavy (non-hydrogen) atoms. The van der Waals surface area contributed by atoms with Crippen LogP contribution in [-0.4, -0.2) is 31.5 Å². The number of carbonyl (C=O) groups is 2. The summed E-state index contributed by atoms with van der Waals surface area (Å²) < 4.78 is 26.2. The van der Waals surface area contributed by atoms with E-state index >= 15 is 0 Å². The number of nitrogens with two attached hydrogens (primary N) is 1. The Morgan fingerprint density at radius 2 is 2.05 bits per heavy atom. The number of esters is 1. The zero-order valence-electron chi connectivity index (χ0n) is 9.58. The maximum atomic E-state index is 12.4. The number of hydrogen-bond donors (Lipinski definition) is 1. The standard InChI is InChI=1S/C11H9NO5S2/c12-19(15,16)6-1-2-8-7(5-6)9(13)11(18-8)3-4-17-10(11)14/h1-2,5H,3-4H2,(H2,12,15,16). The first-order valence-electron chi connectivity index (χ1n) is 5.42. The van der Waals surface area contributed by atoms with Crippen LogP contribution in [0.3, 0.4) is 0 Å². The lowest BCUT2D eigenvalue weighted by Gasteiger charge is -2.13. The molecule has 1 aromatic rings. The van der Waals surface area contributed by atoms with Crippen LogP contribution < -0.4 is 5.14 Å². The zero-order valence-corrected chi connectivity index (χ0v) is 11.2. The number of ether oxygens (including phenoxy) is 1. The van der Waals surface area contributed by atoms with Crippen LogP contribution in [0, 0.1) is 0 Å². The van der Waals surface area contributed by atoms with Gasteiger partial charge in [-0.15, -0.1) is 0 Å². The van der Waals surface area contributed by atoms with E-state index in [1.54, 1.807) is 0 Å². The van der Waals surface area contributed by atoms with E-state index in [0.29, 0.717) is 11.3 Å². The Hall–Kier alpha value is -1.38. The van der Waals surface area contributed by atoms with Crippen LogP contribution in [0.4, 0.5) is 0 Å². The van der Waals surface area contributed by atoms with Gasteiger partial charge in [0.15, 0.2) is 10.5 Å². The molecule has 2 N–H and O–H groups in total. The molecule has 2 aliphatic heterocycles. The molecule has 3 rings (SSSR count). The molecule has 1 spiro atoms. The SMILES string of the molecule is NS(=O)(=O)c1ccc2c(c1)C(=O)C1(CCOC1=O)S2. The Bertz CT molecular complexity index is 712. The number of thioether (sulfide) groups is 1. The van der Waals surface area contributed by atoms with Gasteiger partial charge in [-0.2, -0.15) is 0 Å². The largest absolute Gasteiger partial charge is 0.464 e. The molecule has 1 fully saturated rings. The molecule has 0 saturated carbocycles. The maximum Gasteiger partial charge on any atom is 0.330 e. The second-order valence-corrected chi connectivity index (χ2v) is 7.25. The van der Waals surface area contributed by atoms with E-state index in [-0.39, 0.29) is 17.1 Å². The van der Waals surface area contributed by atoms with Gasteiger partial charge >= 0.3 is 5.97 Å². The number of hydrogen-bond acceptors (Lipinski definition) is 6. The molecule has 1 aromatic carbocycles. The van der Waals surface area contributed by atoms with E-state index in [4.69, 9.17) is 9.88 Å². The first-order valence-corrected chi connectivity index (χ1v) is 7.79. The van der Waals surface area contributed by atoms with Gasteiger partial charge in [0.25, 0.3) is 0 Å². The molecule has 2 aliphatic rings. The molecule has 6 nitrogen and oxygen atoms in total. The molecule has 100 valence electrons. The third-order valence-electron chi connectivity index (χ3n) is 3.19. The number of Topliss-reactive ketones (excluding diaryl/α,β-unsaturated/α-hetero) is 1. The van der Waals surface area contributed by atoms with Crippen molar-refractivity contribution in [3.63, 3.8) is 0 Å². The summed E-state index contributed by atoms with van der Waals surface area (Å²) in [6.07, 6.45) is 0.300. The highest BCUT2D eigenvalue weighted by Crippen LogP contribution is 2.50. The van der Waals surface area contributed by atoms with Crippen LogP contribution in [-0.2, 0) is 19.6 Å². The van der Waals surface area contributed by atoms with E-state index in [1.165, 1.54) is 18.2 Å². The quantitative estimate of drug-likeness (QED) is 0.591. The second kappa shape index (κ2) is 3.81. The van der Waals surface area contributed by atoms with E-state index in [1.807, 2.05) is 0 Å². The molecule has 1 atom stereocenters. The van der Waals surface area contributed by atoms with Crippen molar-refractivity contribution in [1.29, 1.82) is 0 Å². The highest BCUT2D eigenvalue weighted by molar-refractivity contribution is 8.03. The van der Waals surface area contributed by atoms with Crippen molar-refractivity contribution in [3.8, 4) is 0 Å². The topological polar surface area (TPSA) is 104 Å². The summed E-state index contributed by atoms with van der Waals surface area (Å²) in [6.45, 7) is 0.202. The smallest absolute Gasteiger partial charge is 0.330 e. The van der Waals surface area contributed by atoms with Crippen molar-refractivity contribution < 1.29 is 22.7 Å². The molecule has 1 saturated heterocycles. The van der Waals surface area contributed by atoms with Crippen molar-refractivity contribution in [3.05, 3.63) is 23.8 Å². The van der Waals surface area contributed by atoms with Crippen molar-refractivity contribution in [2.45, 2.75) is 21.0 Å². The third kappa shape index (κ3) is 1.71. The van der Waals surface area contributed by atoms with Gasteiger partial charge in [0.1, 0.15) is 0 Å². The Labute approximate surface area is 113 Å². The lowest BCUT2D eigenvalue weighted by atomic mass is 9.96. The van der Waals surface area contributed by atoms with Gasteiger partial charge in [0.2, 0.25) is 10.0 Å². The third-order valence-corrected chi connectivity index (χ3v) is 5.58. The van der Waals surface area contributed by atoms with E-state index < -0.39 is 26.5 Å². The zero-order chi connectivity index (χ0) is 13.8. The number of cyclic esters (lactones) is 1. The number of carbonyl (C=O) groups excluding carboxylic acids is 2. The lowest BCUT2D eigenvalue weighted by Crippen LogP contribution is -2.36. The van der Waals surface area contributed by atoms with Gasteiger partial charge in [-0.05, 0) is 18.2 Å². The number of ketones is 1. The van der Waals surface area contributed by atoms with Gasteiger partial charge in [-0.1, -0.05) is 11.8 Å². The minimum Gasteiger partial charge on any atom is -0.464 e. The number of primary sulfonamides is 1. The van der Waals surface area contributed by atoms with E-state index in [0.717, 1.165) is 11.8 Å². The fourth-order valence-electron chi connectivity index (χ4n) is 2.21. The molecule has 8 heteroatoms. The van der Waals surface area contributed by atoms with Gasteiger partial charge in [0, 0.05) is 16.9 Å². The maximum absolute atomic E-state index is 12.4. The van der Waals surface area contributed by atoms with Crippen molar-refractivity contribution >= 4 is 33.5 Å². The van der Waals surface area contributed by atoms with Crippen LogP contribution in [0.1, 0.15) is 16.8 Å². The Kier molecular flexibility index (Phi) is 2.54. The van der Waals surface area contributed by atoms with Crippen LogP contribution in [0.15, 0.2) is 28.0 Å². The van der Waals surface area contributed by atoms with Gasteiger partial charge < -0.3 is 4.74 Å². The summed E-state index contributed by atoms with van der Waals surface area (Å²) in [6, 6.07) is 4.05. The lowest BCUT2D eigenvalue weighted by molar-refractivity contribution is -0.138. The number of sulfonamides is 1. The summed E-state index contributed by atoms with van der Waals surface area (Å²) in [4.78, 5) is 24.5. The number of rotatable bonds is 1. The summed E-state index contributed by atoms with van der Waals surface area (Å²) in [5, 5.41) is 5.03. The predicted octanol–water partition coefficient (Wildman–Crippen LogP) is 0.308. The minimum atomic E-state index is -3.87. The summed E-state index contributed by atoms with van der Waals surface area (Å²) in [7, 11) is -3.87. The Morgan fingerprint density at radius 3 is 2.63 bits per heavy atom. The first-order chi connectivity index (χ1) is 8.84. The molecular weight excluding hydrogens is 290 g/mol. The summed E-state index contributed by atoms with van der Waals surface area (Å²) >= 11 is 1.12. The van der Waals surface area contributed by atoms with E-state index in [9.17, 15) is 18.0 Å². The molecule has 2 heterocycles. The van der Waals surface area contributed by atoms with E-state index in [2.05, 4.69) is 0 Å². The minimum absolute atomic E-state index is 0.136. The average molecular weight is 299 g/mol. The molecule has 0 aliphatic carbocycles. The molecule has 0 aromatic heterocycles. The van der Waals surface area contributed by atoms with Gasteiger partial charge in [0.05, 0.1) is 11.5 Å². The van der Waals surface area contributed by atoms with Gasteiger partial charge in [-0.25, -0.2) is 13.6 Å². The fraction of sp³-hybridized carbons (Fsp3) is 0.273. The summed E-state index contributed by atoms with van der Waals surface area (Å²) in [5.41, 5.74) is 0.218. The first kappa shape index (κ1) is 12.6. The Morgan fingerprint density at radius 1 is 1.32 bits per heavy atom. The second-order valence-electron chi connectivity index (χ2n) is 4.35. The average Bonchev–Trinajstić information content (AvgIpc) is 2.82. The highest BCUT2D eigenvalue weighted by atomic mass is 32.2. The van der Waals surface area contributed by atoms with Crippen LogP contribution in [0.5, 0.6) is 0 Å². The molecule has 1 unspecified atom stereocenters. The van der Waals surface area contributed by atoms with Crippen LogP contribution in [0.2, 0.25) is 0 Å². The highest BCUT2D eigenvalue weighted by Gasteiger charge is 2.56. The molecular formula is C11H9NO5S2. The van der Waals surface area contributed by atoms with Gasteiger partial charge in [-0.3, -0.25) is 9.59 Å². The molecule has 0 amide bonds. The number of fused-ring (bicyclic) bond motifs is 1. The van der Waals surface area contributed by atoms with Crippen molar-refractivity contribution in [2.75, 3.05) is 6.61 Å². The van der Waals surface area contributed by atoms with Crippen molar-refractivity contribution in [1.82, 2.24) is 0 Å². The van der Waals surface area contributed by atoms with Crippen molar-refractivity contribution in [2.24, 2.45) is 5.14 Å². The summed E-state index contributed by atoms with van der Waals surface area (Å²) in [5.74, 6) is -0.962. The number of benzene rings is 1. The van der Waals surface area contributed by atoms with Crippen LogP contribution >= 0.6 is 11.8 Å². The Balaban J connectivity index is 2.13. The normalized spacial score (nSPS) is 25.7. The monoisotopic (exact) mass is 299 g/mol. The predicted molar refractivity (Wildman–Crippen MR) is 66.3 cm³/mol. The van der Waals surface area contributed by atoms with Crippen LogP contribution in [0.25, 0.3) is 0 Å². The molecule has 0 radical (unpaired) electrons. The molecule has 0 bridgehead atoms.